The molecule has 0 radical (unpaired) electrons. The standard InChI is InChI=1S/C21H24N6O3/c1-15-11-19(25-21(24-15)26-8-7-22-14-26)27-9-10-30-13-18(27)20(28)23-12-16-3-5-17(29-2)6-4-16/h3-8,11,14,18H,9-10,12-13H2,1-2H3,(H,23,28). The number of ether oxygens (including phenoxy) is 2. The van der Waals surface area contributed by atoms with E-state index in [1.54, 1.807) is 30.4 Å². The first-order valence-corrected chi connectivity index (χ1v) is 9.73. The van der Waals surface area contributed by atoms with Crippen molar-refractivity contribution in [2.45, 2.75) is 19.5 Å². The number of aryl methyl sites for hydroxylation is 1. The van der Waals surface area contributed by atoms with Gasteiger partial charge in [-0.15, -0.1) is 0 Å². The molecule has 156 valence electrons. The van der Waals surface area contributed by atoms with Gasteiger partial charge in [0.15, 0.2) is 0 Å². The van der Waals surface area contributed by atoms with Crippen LogP contribution in [0.5, 0.6) is 5.75 Å². The average molecular weight is 408 g/mol. The Morgan fingerprint density at radius 1 is 1.30 bits per heavy atom. The van der Waals surface area contributed by atoms with Gasteiger partial charge < -0.3 is 19.7 Å². The fourth-order valence-electron chi connectivity index (χ4n) is 3.32. The summed E-state index contributed by atoms with van der Waals surface area (Å²) in [4.78, 5) is 28.1. The van der Waals surface area contributed by atoms with Crippen molar-refractivity contribution in [3.8, 4) is 11.7 Å². The molecule has 1 atom stereocenters. The molecule has 2 aromatic heterocycles. The van der Waals surface area contributed by atoms with Gasteiger partial charge >= 0.3 is 0 Å². The maximum absolute atomic E-state index is 13.0. The lowest BCUT2D eigenvalue weighted by molar-refractivity contribution is -0.124. The van der Waals surface area contributed by atoms with E-state index in [0.29, 0.717) is 38.1 Å². The van der Waals surface area contributed by atoms with Crippen LogP contribution in [-0.2, 0) is 16.1 Å². The SMILES string of the molecule is COc1ccc(CNC(=O)C2COCCN2c2cc(C)nc(-n3ccnc3)n2)cc1. The zero-order valence-corrected chi connectivity index (χ0v) is 17.0. The molecule has 1 aliphatic heterocycles. The van der Waals surface area contributed by atoms with Crippen LogP contribution < -0.4 is 15.0 Å². The molecule has 1 fully saturated rings. The summed E-state index contributed by atoms with van der Waals surface area (Å²) in [5, 5.41) is 3.00. The minimum Gasteiger partial charge on any atom is -0.497 e. The highest BCUT2D eigenvalue weighted by molar-refractivity contribution is 5.85. The summed E-state index contributed by atoms with van der Waals surface area (Å²) in [5.41, 5.74) is 1.81. The van der Waals surface area contributed by atoms with Gasteiger partial charge in [-0.25, -0.2) is 9.97 Å². The molecule has 9 nitrogen and oxygen atoms in total. The van der Waals surface area contributed by atoms with Gasteiger partial charge in [0.25, 0.3) is 0 Å². The number of morpholine rings is 1. The van der Waals surface area contributed by atoms with E-state index in [4.69, 9.17) is 9.47 Å². The fraction of sp³-hybridized carbons (Fsp3) is 0.333. The molecular formula is C21H24N6O3. The monoisotopic (exact) mass is 408 g/mol. The summed E-state index contributed by atoms with van der Waals surface area (Å²) in [7, 11) is 1.63. The van der Waals surface area contributed by atoms with E-state index in [-0.39, 0.29) is 5.91 Å². The number of benzene rings is 1. The average Bonchev–Trinajstić information content (AvgIpc) is 3.32. The van der Waals surface area contributed by atoms with Crippen molar-refractivity contribution in [1.82, 2.24) is 24.8 Å². The molecule has 4 rings (SSSR count). The second-order valence-electron chi connectivity index (χ2n) is 6.99. The highest BCUT2D eigenvalue weighted by atomic mass is 16.5. The lowest BCUT2D eigenvalue weighted by Crippen LogP contribution is -2.54. The number of rotatable bonds is 6. The third-order valence-electron chi connectivity index (χ3n) is 4.92. The minimum atomic E-state index is -0.470. The van der Waals surface area contributed by atoms with Crippen molar-refractivity contribution >= 4 is 11.7 Å². The van der Waals surface area contributed by atoms with Gasteiger partial charge in [-0.2, -0.15) is 4.98 Å². The van der Waals surface area contributed by atoms with E-state index in [1.807, 2.05) is 42.2 Å². The van der Waals surface area contributed by atoms with Crippen LogP contribution in [0.2, 0.25) is 0 Å². The molecule has 1 amide bonds. The van der Waals surface area contributed by atoms with E-state index >= 15 is 0 Å². The quantitative estimate of drug-likeness (QED) is 0.660. The summed E-state index contributed by atoms with van der Waals surface area (Å²) >= 11 is 0. The number of hydrogen-bond donors (Lipinski definition) is 1. The maximum Gasteiger partial charge on any atom is 0.245 e. The number of nitrogens with zero attached hydrogens (tertiary/aromatic N) is 5. The normalized spacial score (nSPS) is 16.3. The first-order chi connectivity index (χ1) is 14.6. The minimum absolute atomic E-state index is 0.106. The molecule has 0 saturated carbocycles. The number of imidazole rings is 1. The Morgan fingerprint density at radius 3 is 2.87 bits per heavy atom. The topological polar surface area (TPSA) is 94.4 Å². The fourth-order valence-corrected chi connectivity index (χ4v) is 3.32. The van der Waals surface area contributed by atoms with Crippen LogP contribution in [0.25, 0.3) is 5.95 Å². The third-order valence-corrected chi connectivity index (χ3v) is 4.92. The summed E-state index contributed by atoms with van der Waals surface area (Å²) in [5.74, 6) is 1.89. The van der Waals surface area contributed by atoms with Crippen LogP contribution in [-0.4, -0.2) is 58.3 Å². The van der Waals surface area contributed by atoms with Crippen molar-refractivity contribution in [2.75, 3.05) is 31.8 Å². The van der Waals surface area contributed by atoms with Crippen molar-refractivity contribution in [1.29, 1.82) is 0 Å². The van der Waals surface area contributed by atoms with E-state index in [1.165, 1.54) is 0 Å². The molecule has 0 bridgehead atoms. The molecule has 0 spiro atoms. The lowest BCUT2D eigenvalue weighted by atomic mass is 10.1. The molecule has 1 aliphatic rings. The van der Waals surface area contributed by atoms with Crippen molar-refractivity contribution in [3.63, 3.8) is 0 Å². The number of methoxy groups -OCH3 is 1. The molecule has 3 heterocycles. The van der Waals surface area contributed by atoms with Gasteiger partial charge in [0.2, 0.25) is 11.9 Å². The predicted octanol–water partition coefficient (Wildman–Crippen LogP) is 1.50. The Balaban J connectivity index is 1.50. The second-order valence-corrected chi connectivity index (χ2v) is 6.99. The Kier molecular flexibility index (Phi) is 5.89. The highest BCUT2D eigenvalue weighted by Crippen LogP contribution is 2.20. The van der Waals surface area contributed by atoms with Crippen molar-refractivity contribution < 1.29 is 14.3 Å². The van der Waals surface area contributed by atoms with Gasteiger partial charge in [-0.3, -0.25) is 9.36 Å². The van der Waals surface area contributed by atoms with E-state index in [9.17, 15) is 4.79 Å². The highest BCUT2D eigenvalue weighted by Gasteiger charge is 2.31. The van der Waals surface area contributed by atoms with Gasteiger partial charge in [0.05, 0.1) is 20.3 Å². The van der Waals surface area contributed by atoms with Crippen LogP contribution in [0.4, 0.5) is 5.82 Å². The van der Waals surface area contributed by atoms with Gasteiger partial charge in [0.1, 0.15) is 23.9 Å². The Labute approximate surface area is 174 Å². The van der Waals surface area contributed by atoms with E-state index < -0.39 is 6.04 Å². The van der Waals surface area contributed by atoms with Crippen LogP contribution in [0.15, 0.2) is 49.1 Å². The second kappa shape index (κ2) is 8.91. The number of carbonyl (C=O) groups is 1. The van der Waals surface area contributed by atoms with E-state index in [0.717, 1.165) is 17.0 Å². The molecule has 1 saturated heterocycles. The molecule has 0 aliphatic carbocycles. The first-order valence-electron chi connectivity index (χ1n) is 9.73. The van der Waals surface area contributed by atoms with Crippen LogP contribution >= 0.6 is 0 Å². The zero-order chi connectivity index (χ0) is 20.9. The Morgan fingerprint density at radius 2 is 2.13 bits per heavy atom. The maximum atomic E-state index is 13.0. The molecule has 3 aromatic rings. The summed E-state index contributed by atoms with van der Waals surface area (Å²) in [6.45, 7) is 3.74. The summed E-state index contributed by atoms with van der Waals surface area (Å²) in [6, 6.07) is 9.02. The number of nitrogens with one attached hydrogen (secondary N) is 1. The van der Waals surface area contributed by atoms with Gasteiger partial charge in [-0.05, 0) is 24.6 Å². The number of amides is 1. The van der Waals surface area contributed by atoms with Crippen molar-refractivity contribution in [3.05, 3.63) is 60.3 Å². The smallest absolute Gasteiger partial charge is 0.245 e. The van der Waals surface area contributed by atoms with Crippen LogP contribution in [0.1, 0.15) is 11.3 Å². The number of carbonyl (C=O) groups excluding carboxylic acids is 1. The third kappa shape index (κ3) is 4.41. The summed E-state index contributed by atoms with van der Waals surface area (Å²) < 4.78 is 12.5. The van der Waals surface area contributed by atoms with Crippen LogP contribution in [0, 0.1) is 6.92 Å². The molecule has 9 heteroatoms. The lowest BCUT2D eigenvalue weighted by Gasteiger charge is -2.35. The molecule has 1 N–H and O–H groups in total. The zero-order valence-electron chi connectivity index (χ0n) is 17.0. The van der Waals surface area contributed by atoms with Gasteiger partial charge in [0, 0.05) is 37.2 Å². The molecule has 1 unspecified atom stereocenters. The van der Waals surface area contributed by atoms with Crippen molar-refractivity contribution in [2.24, 2.45) is 0 Å². The Bertz CT molecular complexity index is 990. The molecule has 30 heavy (non-hydrogen) atoms. The Hall–Kier alpha value is -3.46. The van der Waals surface area contributed by atoms with Crippen LogP contribution in [0.3, 0.4) is 0 Å². The summed E-state index contributed by atoms with van der Waals surface area (Å²) in [6.07, 6.45) is 5.11. The molecule has 1 aromatic carbocycles. The number of hydrogen-bond acceptors (Lipinski definition) is 7. The van der Waals surface area contributed by atoms with Gasteiger partial charge in [-0.1, -0.05) is 12.1 Å². The largest absolute Gasteiger partial charge is 0.497 e. The van der Waals surface area contributed by atoms with E-state index in [2.05, 4.69) is 20.3 Å². The predicted molar refractivity (Wildman–Crippen MR) is 111 cm³/mol. The first kappa shape index (κ1) is 19.8. The number of aromatic nitrogens is 4. The molecular weight excluding hydrogens is 384 g/mol. The number of anilines is 1.